The van der Waals surface area contributed by atoms with Gasteiger partial charge in [0.25, 0.3) is 11.2 Å². The second kappa shape index (κ2) is 13.1. The van der Waals surface area contributed by atoms with E-state index in [4.69, 9.17) is 9.47 Å². The highest BCUT2D eigenvalue weighted by molar-refractivity contribution is 5.10. The van der Waals surface area contributed by atoms with Crippen LogP contribution in [0.3, 0.4) is 0 Å². The standard InChI is InChI=1S/C24H36F12O4/c1-7-13(4)16-10-17(19(21(25,26)27,22(28,29)30)39-14(5)37-8-2)12-18(11-16)20(23(31,32)33,24(34,35)36)40-15(6)38-9-3/h13-18H,7-12H2,1-6H3. The van der Waals surface area contributed by atoms with Gasteiger partial charge in [0.2, 0.25) is 0 Å². The largest absolute Gasteiger partial charge is 0.426 e. The quantitative estimate of drug-likeness (QED) is 0.163. The smallest absolute Gasteiger partial charge is 0.353 e. The van der Waals surface area contributed by atoms with E-state index in [0.29, 0.717) is 0 Å². The number of rotatable bonds is 12. The van der Waals surface area contributed by atoms with E-state index >= 15 is 0 Å². The van der Waals surface area contributed by atoms with E-state index in [9.17, 15) is 52.7 Å². The van der Waals surface area contributed by atoms with Crippen LogP contribution in [-0.4, -0.2) is 61.7 Å². The third-order valence-corrected chi connectivity index (χ3v) is 7.53. The minimum absolute atomic E-state index is 0.0621. The number of hydrogen-bond acceptors (Lipinski definition) is 4. The lowest BCUT2D eigenvalue weighted by molar-refractivity contribution is -0.440. The van der Waals surface area contributed by atoms with Gasteiger partial charge in [0, 0.05) is 25.0 Å². The van der Waals surface area contributed by atoms with Gasteiger partial charge in [-0.25, -0.2) is 0 Å². The molecule has 0 spiro atoms. The maximum Gasteiger partial charge on any atom is 0.426 e. The van der Waals surface area contributed by atoms with Crippen molar-refractivity contribution in [1.82, 2.24) is 0 Å². The molecule has 0 aromatic rings. The Morgan fingerprint density at radius 1 is 0.550 bits per heavy atom. The van der Waals surface area contributed by atoms with E-state index < -0.39 is 91.4 Å². The fourth-order valence-corrected chi connectivity index (χ4v) is 5.59. The molecule has 16 heteroatoms. The average Bonchev–Trinajstić information content (AvgIpc) is 2.77. The molecular weight excluding hydrogens is 580 g/mol. The molecule has 0 aromatic heterocycles. The van der Waals surface area contributed by atoms with Crippen LogP contribution in [0.25, 0.3) is 0 Å². The summed E-state index contributed by atoms with van der Waals surface area (Å²) in [6.07, 6.45) is -33.2. The Balaban J connectivity index is 4.03. The molecule has 4 nitrogen and oxygen atoms in total. The summed E-state index contributed by atoms with van der Waals surface area (Å²) in [6, 6.07) is 0. The van der Waals surface area contributed by atoms with E-state index in [1.165, 1.54) is 27.7 Å². The summed E-state index contributed by atoms with van der Waals surface area (Å²) in [5.74, 6) is -8.04. The molecule has 0 radical (unpaired) electrons. The highest BCUT2D eigenvalue weighted by atomic mass is 19.4. The molecule has 40 heavy (non-hydrogen) atoms. The molecule has 1 aliphatic carbocycles. The lowest BCUT2D eigenvalue weighted by Gasteiger charge is -2.53. The lowest BCUT2D eigenvalue weighted by Crippen LogP contribution is -2.69. The summed E-state index contributed by atoms with van der Waals surface area (Å²) in [7, 11) is 0. The normalized spacial score (nSPS) is 24.6. The molecule has 0 aromatic carbocycles. The molecule has 0 saturated heterocycles. The predicted molar refractivity (Wildman–Crippen MR) is 118 cm³/mol. The molecule has 1 rings (SSSR count). The first-order chi connectivity index (χ1) is 18.0. The third-order valence-electron chi connectivity index (χ3n) is 7.53. The molecule has 0 aliphatic heterocycles. The van der Waals surface area contributed by atoms with Gasteiger partial charge in [-0.15, -0.1) is 0 Å². The Labute approximate surface area is 225 Å². The van der Waals surface area contributed by atoms with Crippen molar-refractivity contribution < 1.29 is 71.6 Å². The van der Waals surface area contributed by atoms with Gasteiger partial charge >= 0.3 is 24.7 Å². The van der Waals surface area contributed by atoms with Crippen molar-refractivity contribution in [1.29, 1.82) is 0 Å². The van der Waals surface area contributed by atoms with Crippen LogP contribution in [0.5, 0.6) is 0 Å². The highest BCUT2D eigenvalue weighted by Gasteiger charge is 2.80. The fraction of sp³-hybridized carbons (Fsp3) is 1.00. The zero-order valence-corrected chi connectivity index (χ0v) is 22.9. The average molecular weight is 617 g/mol. The van der Waals surface area contributed by atoms with Crippen molar-refractivity contribution in [2.24, 2.45) is 23.7 Å². The summed E-state index contributed by atoms with van der Waals surface area (Å²) in [6.45, 7) is 5.98. The van der Waals surface area contributed by atoms with Gasteiger partial charge < -0.3 is 18.9 Å². The summed E-state index contributed by atoms with van der Waals surface area (Å²) < 4.78 is 192. The molecule has 0 heterocycles. The van der Waals surface area contributed by atoms with Gasteiger partial charge in [-0.05, 0) is 58.8 Å². The molecular formula is C24H36F12O4. The van der Waals surface area contributed by atoms with E-state index in [0.717, 1.165) is 13.8 Å². The van der Waals surface area contributed by atoms with Crippen LogP contribution in [0.1, 0.15) is 67.2 Å². The number of alkyl halides is 12. The van der Waals surface area contributed by atoms with Crippen LogP contribution in [-0.2, 0) is 18.9 Å². The van der Waals surface area contributed by atoms with Crippen LogP contribution >= 0.6 is 0 Å². The minimum Gasteiger partial charge on any atom is -0.353 e. The van der Waals surface area contributed by atoms with Gasteiger partial charge in [0.15, 0.2) is 12.6 Å². The Morgan fingerprint density at radius 2 is 0.850 bits per heavy atom. The SMILES string of the molecule is CCOC(C)OC(C1CC(C(C)CC)CC(C(OC(C)OCC)(C(F)(F)F)C(F)(F)F)C1)(C(F)(F)F)C(F)(F)F. The maximum absolute atomic E-state index is 14.5. The van der Waals surface area contributed by atoms with Crippen LogP contribution in [0, 0.1) is 23.7 Å². The lowest BCUT2D eigenvalue weighted by atomic mass is 9.60. The molecule has 1 aliphatic rings. The van der Waals surface area contributed by atoms with Crippen LogP contribution in [0.4, 0.5) is 52.7 Å². The zero-order chi connectivity index (χ0) is 31.5. The Kier molecular flexibility index (Phi) is 12.1. The molecule has 240 valence electrons. The van der Waals surface area contributed by atoms with Crippen molar-refractivity contribution in [3.8, 4) is 0 Å². The van der Waals surface area contributed by atoms with Crippen molar-refractivity contribution in [3.05, 3.63) is 0 Å². The van der Waals surface area contributed by atoms with Gasteiger partial charge in [0.1, 0.15) is 0 Å². The van der Waals surface area contributed by atoms with Crippen molar-refractivity contribution in [2.75, 3.05) is 13.2 Å². The first-order valence-corrected chi connectivity index (χ1v) is 12.8. The van der Waals surface area contributed by atoms with Crippen LogP contribution < -0.4 is 0 Å². The Hall–Kier alpha value is -1.00. The second-order valence-corrected chi connectivity index (χ2v) is 9.99. The number of halogens is 12. The van der Waals surface area contributed by atoms with Crippen molar-refractivity contribution >= 4 is 0 Å². The molecule has 0 N–H and O–H groups in total. The van der Waals surface area contributed by atoms with Gasteiger partial charge in [-0.1, -0.05) is 20.3 Å². The summed E-state index contributed by atoms with van der Waals surface area (Å²) in [4.78, 5) is 0. The minimum atomic E-state index is -6.29. The first-order valence-electron chi connectivity index (χ1n) is 12.8. The Morgan fingerprint density at radius 3 is 1.07 bits per heavy atom. The monoisotopic (exact) mass is 616 g/mol. The predicted octanol–water partition coefficient (Wildman–Crippen LogP) is 8.59. The van der Waals surface area contributed by atoms with E-state index in [-0.39, 0.29) is 19.6 Å². The highest BCUT2D eigenvalue weighted by Crippen LogP contribution is 2.62. The van der Waals surface area contributed by atoms with E-state index in [2.05, 4.69) is 9.47 Å². The van der Waals surface area contributed by atoms with Gasteiger partial charge in [-0.2, -0.15) is 52.7 Å². The molecule has 0 bridgehead atoms. The molecule has 5 atom stereocenters. The second-order valence-electron chi connectivity index (χ2n) is 9.99. The van der Waals surface area contributed by atoms with E-state index in [1.807, 2.05) is 0 Å². The maximum atomic E-state index is 14.5. The Bertz CT molecular complexity index is 692. The number of ether oxygens (including phenoxy) is 4. The zero-order valence-electron chi connectivity index (χ0n) is 22.9. The molecule has 5 unspecified atom stereocenters. The van der Waals surface area contributed by atoms with Gasteiger partial charge in [0.05, 0.1) is 0 Å². The summed E-state index contributed by atoms with van der Waals surface area (Å²) >= 11 is 0. The molecule has 1 fully saturated rings. The van der Waals surface area contributed by atoms with Crippen LogP contribution in [0.15, 0.2) is 0 Å². The topological polar surface area (TPSA) is 36.9 Å². The summed E-state index contributed by atoms with van der Waals surface area (Å²) in [5, 5.41) is 0. The van der Waals surface area contributed by atoms with Crippen molar-refractivity contribution in [3.63, 3.8) is 0 Å². The van der Waals surface area contributed by atoms with Crippen LogP contribution in [0.2, 0.25) is 0 Å². The summed E-state index contributed by atoms with van der Waals surface area (Å²) in [5.41, 5.74) is -10.3. The molecule has 0 amide bonds. The van der Waals surface area contributed by atoms with E-state index in [1.54, 1.807) is 0 Å². The van der Waals surface area contributed by atoms with Crippen molar-refractivity contribution in [2.45, 2.75) is 116 Å². The number of hydrogen-bond donors (Lipinski definition) is 0. The molecule has 1 saturated carbocycles. The van der Waals surface area contributed by atoms with Gasteiger partial charge in [-0.3, -0.25) is 0 Å². The fourth-order valence-electron chi connectivity index (χ4n) is 5.59. The third kappa shape index (κ3) is 7.31. The first kappa shape index (κ1) is 37.0.